The molecule has 1 aromatic heterocycles. The molecule has 1 aliphatic heterocycles. The van der Waals surface area contributed by atoms with Crippen LogP contribution in [0.4, 0.5) is 0 Å². The van der Waals surface area contributed by atoms with Gasteiger partial charge in [-0.2, -0.15) is 0 Å². The van der Waals surface area contributed by atoms with Crippen molar-refractivity contribution in [1.82, 2.24) is 9.55 Å². The van der Waals surface area contributed by atoms with Crippen molar-refractivity contribution in [2.24, 2.45) is 0 Å². The summed E-state index contributed by atoms with van der Waals surface area (Å²) in [7, 11) is -4.45. The summed E-state index contributed by atoms with van der Waals surface area (Å²) in [5.41, 5.74) is -2.76. The number of nitrogens with zero attached hydrogens (tertiary/aromatic N) is 1. The summed E-state index contributed by atoms with van der Waals surface area (Å²) >= 11 is 0. The van der Waals surface area contributed by atoms with Crippen LogP contribution < -0.4 is 11.2 Å². The Kier molecular flexibility index (Phi) is 6.96. The number of H-pyrrole nitrogens is 1. The number of aliphatic hydroxyl groups excluding tert-OH is 2. The molecule has 5 N–H and O–H groups in total. The van der Waals surface area contributed by atoms with Gasteiger partial charge in [-0.25, -0.2) is 4.79 Å². The molecule has 0 aliphatic carbocycles. The first-order chi connectivity index (χ1) is 13.3. The highest BCUT2D eigenvalue weighted by atomic mass is 31.2. The molecule has 2 heterocycles. The standard InChI is InChI=1S/C17H29N2O9P/c1-5-17(24,6-2)29(25,26)28-16(3,4)9-10-12(21)13(22)14(27-10)19-8-7-11(20)18-15(19)23/h7-8,10,12-14,21-22,24H,5-6,9H2,1-4H3,(H,25,26)(H,18,20,23)/t10-,12-,13-,14-/m1/s1. The van der Waals surface area contributed by atoms with Crippen LogP contribution in [0.2, 0.25) is 0 Å². The van der Waals surface area contributed by atoms with Crippen LogP contribution in [0.5, 0.6) is 0 Å². The number of ether oxygens (including phenoxy) is 1. The highest BCUT2D eigenvalue weighted by Crippen LogP contribution is 2.60. The zero-order chi connectivity index (χ0) is 22.2. The molecule has 0 saturated carbocycles. The number of aromatic amines is 1. The molecule has 1 aliphatic rings. The van der Waals surface area contributed by atoms with E-state index in [2.05, 4.69) is 0 Å². The fourth-order valence-electron chi connectivity index (χ4n) is 3.35. The number of aromatic nitrogens is 2. The van der Waals surface area contributed by atoms with Crippen molar-refractivity contribution in [2.75, 3.05) is 0 Å². The second-order valence-corrected chi connectivity index (χ2v) is 9.88. The Bertz CT molecular complexity index is 876. The van der Waals surface area contributed by atoms with Crippen LogP contribution in [0.1, 0.15) is 53.2 Å². The van der Waals surface area contributed by atoms with Crippen LogP contribution in [0.15, 0.2) is 21.9 Å². The molecule has 166 valence electrons. The zero-order valence-corrected chi connectivity index (χ0v) is 17.7. The summed E-state index contributed by atoms with van der Waals surface area (Å²) in [5, 5.41) is 29.1. The average molecular weight is 436 g/mol. The molecule has 0 bridgehead atoms. The molecule has 1 aromatic rings. The summed E-state index contributed by atoms with van der Waals surface area (Å²) in [4.78, 5) is 35.5. The van der Waals surface area contributed by atoms with Gasteiger partial charge in [-0.05, 0) is 26.7 Å². The third-order valence-electron chi connectivity index (χ3n) is 5.18. The number of hydrogen-bond donors (Lipinski definition) is 5. The quantitative estimate of drug-likeness (QED) is 0.353. The highest BCUT2D eigenvalue weighted by Gasteiger charge is 2.51. The lowest BCUT2D eigenvalue weighted by atomic mass is 9.97. The number of nitrogens with one attached hydrogen (secondary N) is 1. The van der Waals surface area contributed by atoms with E-state index in [9.17, 15) is 34.4 Å². The Hall–Kier alpha value is -1.33. The van der Waals surface area contributed by atoms with Crippen molar-refractivity contribution in [3.8, 4) is 0 Å². The summed E-state index contributed by atoms with van der Waals surface area (Å²) in [6.07, 6.45) is -4.18. The molecular weight excluding hydrogens is 407 g/mol. The lowest BCUT2D eigenvalue weighted by molar-refractivity contribution is -0.0670. The molecule has 0 aromatic carbocycles. The molecule has 1 fully saturated rings. The van der Waals surface area contributed by atoms with E-state index in [1.54, 1.807) is 13.8 Å². The molecule has 5 atom stereocenters. The summed E-state index contributed by atoms with van der Waals surface area (Å²) in [6.45, 7) is 6.11. The summed E-state index contributed by atoms with van der Waals surface area (Å²) in [6, 6.07) is 1.07. The van der Waals surface area contributed by atoms with Crippen molar-refractivity contribution in [1.29, 1.82) is 0 Å². The van der Waals surface area contributed by atoms with Crippen molar-refractivity contribution in [3.63, 3.8) is 0 Å². The Labute approximate surface area is 167 Å². The van der Waals surface area contributed by atoms with Gasteiger partial charge in [0.2, 0.25) is 0 Å². The van der Waals surface area contributed by atoms with Gasteiger partial charge < -0.3 is 29.5 Å². The normalized spacial score (nSPS) is 27.7. The van der Waals surface area contributed by atoms with Gasteiger partial charge in [0.15, 0.2) is 11.6 Å². The molecule has 0 radical (unpaired) electrons. The first kappa shape index (κ1) is 23.9. The fraction of sp³-hybridized carbons (Fsp3) is 0.765. The van der Waals surface area contributed by atoms with E-state index in [-0.39, 0.29) is 19.3 Å². The van der Waals surface area contributed by atoms with Crippen LogP contribution >= 0.6 is 7.60 Å². The van der Waals surface area contributed by atoms with Gasteiger partial charge >= 0.3 is 13.3 Å². The van der Waals surface area contributed by atoms with E-state index in [4.69, 9.17) is 9.26 Å². The zero-order valence-electron chi connectivity index (χ0n) is 16.8. The van der Waals surface area contributed by atoms with Crippen molar-refractivity contribution >= 4 is 7.60 Å². The van der Waals surface area contributed by atoms with Gasteiger partial charge in [-0.15, -0.1) is 0 Å². The highest BCUT2D eigenvalue weighted by molar-refractivity contribution is 7.54. The Morgan fingerprint density at radius 1 is 1.24 bits per heavy atom. The van der Waals surface area contributed by atoms with E-state index in [0.717, 1.165) is 16.8 Å². The van der Waals surface area contributed by atoms with Gasteiger partial charge in [0.25, 0.3) is 5.56 Å². The molecule has 11 nitrogen and oxygen atoms in total. The predicted molar refractivity (Wildman–Crippen MR) is 102 cm³/mol. The Balaban J connectivity index is 2.19. The lowest BCUT2D eigenvalue weighted by Crippen LogP contribution is -2.39. The van der Waals surface area contributed by atoms with Crippen LogP contribution in [0.3, 0.4) is 0 Å². The summed E-state index contributed by atoms with van der Waals surface area (Å²) in [5.74, 6) is 0. The SMILES string of the molecule is CCC(O)(CC)P(=O)(O)OC(C)(C)C[C@H]1O[C@@H](n2ccc(=O)[nH]c2=O)[C@H](O)[C@@H]1O. The number of rotatable bonds is 8. The smallest absolute Gasteiger partial charge is 0.359 e. The molecule has 12 heteroatoms. The number of hydrogen-bond acceptors (Lipinski definition) is 8. The second-order valence-electron chi connectivity index (χ2n) is 7.83. The maximum absolute atomic E-state index is 12.6. The van der Waals surface area contributed by atoms with Crippen molar-refractivity contribution in [3.05, 3.63) is 33.1 Å². The topological polar surface area (TPSA) is 171 Å². The first-order valence-electron chi connectivity index (χ1n) is 9.36. The third kappa shape index (κ3) is 4.88. The molecular formula is C17H29N2O9P. The van der Waals surface area contributed by atoms with Gasteiger partial charge in [0.1, 0.15) is 12.2 Å². The van der Waals surface area contributed by atoms with Crippen LogP contribution in [0, 0.1) is 0 Å². The monoisotopic (exact) mass is 436 g/mol. The molecule has 1 saturated heterocycles. The maximum atomic E-state index is 12.6. The number of aliphatic hydroxyl groups is 3. The van der Waals surface area contributed by atoms with Crippen LogP contribution in [-0.2, 0) is 13.8 Å². The van der Waals surface area contributed by atoms with Gasteiger partial charge in [-0.3, -0.25) is 18.9 Å². The van der Waals surface area contributed by atoms with Crippen LogP contribution in [-0.4, -0.2) is 59.0 Å². The molecule has 29 heavy (non-hydrogen) atoms. The molecule has 0 amide bonds. The minimum atomic E-state index is -4.45. The predicted octanol–water partition coefficient (Wildman–Crippen LogP) is 0.0351. The molecule has 2 rings (SSSR count). The summed E-state index contributed by atoms with van der Waals surface area (Å²) < 4.78 is 24.6. The van der Waals surface area contributed by atoms with Gasteiger partial charge in [0.05, 0.1) is 11.7 Å². The third-order valence-corrected chi connectivity index (χ3v) is 7.61. The van der Waals surface area contributed by atoms with Crippen molar-refractivity contribution in [2.45, 2.75) is 82.4 Å². The van der Waals surface area contributed by atoms with Crippen molar-refractivity contribution < 1.29 is 34.0 Å². The Morgan fingerprint density at radius 2 is 1.83 bits per heavy atom. The van der Waals surface area contributed by atoms with Gasteiger partial charge in [-0.1, -0.05) is 13.8 Å². The van der Waals surface area contributed by atoms with E-state index in [1.807, 2.05) is 4.98 Å². The largest absolute Gasteiger partial charge is 0.388 e. The van der Waals surface area contributed by atoms with E-state index < -0.39 is 54.3 Å². The maximum Gasteiger partial charge on any atom is 0.359 e. The average Bonchev–Trinajstić information content (AvgIpc) is 2.87. The second kappa shape index (κ2) is 8.43. The fourth-order valence-corrected chi connectivity index (χ4v) is 5.06. The van der Waals surface area contributed by atoms with Crippen LogP contribution in [0.25, 0.3) is 0 Å². The molecule has 1 unspecified atom stereocenters. The minimum Gasteiger partial charge on any atom is -0.388 e. The van der Waals surface area contributed by atoms with E-state index >= 15 is 0 Å². The lowest BCUT2D eigenvalue weighted by Gasteiger charge is -2.37. The first-order valence-corrected chi connectivity index (χ1v) is 10.9. The van der Waals surface area contributed by atoms with E-state index in [1.165, 1.54) is 13.8 Å². The Morgan fingerprint density at radius 3 is 2.34 bits per heavy atom. The minimum absolute atomic E-state index is 0.00578. The van der Waals surface area contributed by atoms with E-state index in [0.29, 0.717) is 0 Å². The molecule has 0 spiro atoms. The van der Waals surface area contributed by atoms with Gasteiger partial charge in [0, 0.05) is 18.7 Å².